The Balaban J connectivity index is 2.39. The number of rotatable bonds is 11. The number of alkyl carbamates (subject to hydrolysis) is 1. The van der Waals surface area contributed by atoms with Gasteiger partial charge in [-0.1, -0.05) is 6.07 Å². The predicted octanol–water partition coefficient (Wildman–Crippen LogP) is 2.45. The minimum Gasteiger partial charge on any atom is -0.483 e. The number of carbonyl (C=O) groups excluding carboxylic acids is 4. The van der Waals surface area contributed by atoms with Crippen LogP contribution in [0.25, 0.3) is 0 Å². The lowest BCUT2D eigenvalue weighted by Crippen LogP contribution is -2.33. The molecule has 10 nitrogen and oxygen atoms in total. The maximum atomic E-state index is 12.1. The normalized spacial score (nSPS) is 10.7. The molecule has 1 rings (SSSR count). The van der Waals surface area contributed by atoms with Crippen LogP contribution in [0, 0.1) is 0 Å². The molecule has 0 aliphatic carbocycles. The standard InChI is InChI=1S/C22H32N2O8/c1-22(2,3)32-21(28)24-13-8-6-7-12-23-17(25)14-31-16-11-9-10-15(19(26)29-4)18(16)20(27)30-5/h9-11H,6-8,12-14H2,1-5H3,(H,23,25)(H,24,28). The summed E-state index contributed by atoms with van der Waals surface area (Å²) >= 11 is 0. The monoisotopic (exact) mass is 452 g/mol. The van der Waals surface area contributed by atoms with Crippen molar-refractivity contribution in [3.63, 3.8) is 0 Å². The number of esters is 2. The van der Waals surface area contributed by atoms with E-state index < -0.39 is 23.6 Å². The topological polar surface area (TPSA) is 129 Å². The number of carbonyl (C=O) groups is 4. The van der Waals surface area contributed by atoms with Gasteiger partial charge in [0.1, 0.15) is 16.9 Å². The highest BCUT2D eigenvalue weighted by molar-refractivity contribution is 6.05. The molecule has 1 aromatic rings. The lowest BCUT2D eigenvalue weighted by Gasteiger charge is -2.19. The number of benzene rings is 1. The van der Waals surface area contributed by atoms with Crippen LogP contribution < -0.4 is 15.4 Å². The van der Waals surface area contributed by atoms with E-state index in [2.05, 4.69) is 15.4 Å². The van der Waals surface area contributed by atoms with Gasteiger partial charge < -0.3 is 29.6 Å². The van der Waals surface area contributed by atoms with E-state index in [1.54, 1.807) is 20.8 Å². The van der Waals surface area contributed by atoms with Crippen LogP contribution in [0.5, 0.6) is 5.75 Å². The fourth-order valence-corrected chi connectivity index (χ4v) is 2.60. The third kappa shape index (κ3) is 9.67. The molecule has 0 fully saturated rings. The average molecular weight is 453 g/mol. The molecule has 0 saturated heterocycles. The van der Waals surface area contributed by atoms with Crippen molar-refractivity contribution in [1.29, 1.82) is 0 Å². The first-order valence-electron chi connectivity index (χ1n) is 10.2. The molecule has 0 heterocycles. The molecule has 0 aliphatic heterocycles. The van der Waals surface area contributed by atoms with Crippen LogP contribution in [-0.2, 0) is 19.0 Å². The zero-order valence-corrected chi connectivity index (χ0v) is 19.2. The van der Waals surface area contributed by atoms with Crippen molar-refractivity contribution >= 4 is 23.9 Å². The molecular weight excluding hydrogens is 420 g/mol. The number of methoxy groups -OCH3 is 2. The minimum absolute atomic E-state index is 0.0164. The van der Waals surface area contributed by atoms with Crippen LogP contribution in [-0.4, -0.2) is 63.5 Å². The van der Waals surface area contributed by atoms with E-state index >= 15 is 0 Å². The first kappa shape index (κ1) is 26.7. The molecule has 0 bridgehead atoms. The van der Waals surface area contributed by atoms with Crippen molar-refractivity contribution in [3.8, 4) is 5.75 Å². The van der Waals surface area contributed by atoms with E-state index in [9.17, 15) is 19.2 Å². The van der Waals surface area contributed by atoms with Gasteiger partial charge in [0.05, 0.1) is 19.8 Å². The van der Waals surface area contributed by atoms with Crippen LogP contribution in [0.2, 0.25) is 0 Å². The molecule has 10 heteroatoms. The summed E-state index contributed by atoms with van der Waals surface area (Å²) in [5.41, 5.74) is -0.654. The molecule has 2 amide bonds. The predicted molar refractivity (Wildman–Crippen MR) is 116 cm³/mol. The van der Waals surface area contributed by atoms with Gasteiger partial charge in [0, 0.05) is 13.1 Å². The second kappa shape index (κ2) is 13.2. The van der Waals surface area contributed by atoms with Crippen molar-refractivity contribution in [1.82, 2.24) is 10.6 Å². The summed E-state index contributed by atoms with van der Waals surface area (Å²) in [5.74, 6) is -1.83. The van der Waals surface area contributed by atoms with Gasteiger partial charge in [-0.15, -0.1) is 0 Å². The third-order valence-electron chi connectivity index (χ3n) is 4.02. The summed E-state index contributed by atoms with van der Waals surface area (Å²) in [6.07, 6.45) is 1.80. The van der Waals surface area contributed by atoms with E-state index in [4.69, 9.17) is 14.2 Å². The SMILES string of the molecule is COC(=O)c1cccc(OCC(=O)NCCCCCNC(=O)OC(C)(C)C)c1C(=O)OC. The number of ether oxygens (including phenoxy) is 4. The van der Waals surface area contributed by atoms with Gasteiger partial charge in [0.2, 0.25) is 0 Å². The summed E-state index contributed by atoms with van der Waals surface area (Å²) in [4.78, 5) is 47.5. The van der Waals surface area contributed by atoms with E-state index in [1.165, 1.54) is 32.4 Å². The molecular formula is C22H32N2O8. The fourth-order valence-electron chi connectivity index (χ4n) is 2.60. The van der Waals surface area contributed by atoms with Gasteiger partial charge in [-0.2, -0.15) is 0 Å². The third-order valence-corrected chi connectivity index (χ3v) is 4.02. The molecule has 0 spiro atoms. The highest BCUT2D eigenvalue weighted by Crippen LogP contribution is 2.24. The van der Waals surface area contributed by atoms with E-state index in [0.717, 1.165) is 12.8 Å². The fraction of sp³-hybridized carbons (Fsp3) is 0.545. The van der Waals surface area contributed by atoms with Gasteiger partial charge in [-0.3, -0.25) is 4.79 Å². The second-order valence-electron chi connectivity index (χ2n) is 7.79. The molecule has 0 aliphatic rings. The Labute approximate surface area is 187 Å². The molecule has 0 unspecified atom stereocenters. The average Bonchev–Trinajstić information content (AvgIpc) is 2.74. The number of hydrogen-bond donors (Lipinski definition) is 2. The highest BCUT2D eigenvalue weighted by atomic mass is 16.6. The second-order valence-corrected chi connectivity index (χ2v) is 7.79. The summed E-state index contributed by atoms with van der Waals surface area (Å²) in [7, 11) is 2.37. The summed E-state index contributed by atoms with van der Waals surface area (Å²) in [5, 5.41) is 5.39. The molecule has 178 valence electrons. The van der Waals surface area contributed by atoms with Crippen LogP contribution >= 0.6 is 0 Å². The molecule has 0 radical (unpaired) electrons. The Morgan fingerprint density at radius 2 is 1.50 bits per heavy atom. The van der Waals surface area contributed by atoms with Gasteiger partial charge in [0.25, 0.3) is 5.91 Å². The van der Waals surface area contributed by atoms with Crippen molar-refractivity contribution in [3.05, 3.63) is 29.3 Å². The van der Waals surface area contributed by atoms with Crippen molar-refractivity contribution < 1.29 is 38.1 Å². The van der Waals surface area contributed by atoms with Crippen LogP contribution in [0.4, 0.5) is 4.79 Å². The molecule has 1 aromatic carbocycles. The number of hydrogen-bond acceptors (Lipinski definition) is 8. The zero-order chi connectivity index (χ0) is 24.1. The lowest BCUT2D eigenvalue weighted by atomic mass is 10.1. The number of unbranched alkanes of at least 4 members (excludes halogenated alkanes) is 2. The van der Waals surface area contributed by atoms with E-state index in [1.807, 2.05) is 0 Å². The highest BCUT2D eigenvalue weighted by Gasteiger charge is 2.23. The Kier molecular flexibility index (Phi) is 11.0. The summed E-state index contributed by atoms with van der Waals surface area (Å²) in [6, 6.07) is 4.38. The van der Waals surface area contributed by atoms with Gasteiger partial charge in [-0.05, 0) is 52.2 Å². The van der Waals surface area contributed by atoms with Crippen molar-refractivity contribution in [2.75, 3.05) is 33.9 Å². The van der Waals surface area contributed by atoms with Crippen molar-refractivity contribution in [2.45, 2.75) is 45.6 Å². The Hall–Kier alpha value is -3.30. The maximum Gasteiger partial charge on any atom is 0.407 e. The minimum atomic E-state index is -0.776. The Bertz CT molecular complexity index is 802. The molecule has 2 N–H and O–H groups in total. The van der Waals surface area contributed by atoms with Gasteiger partial charge in [0.15, 0.2) is 6.61 Å². The first-order valence-corrected chi connectivity index (χ1v) is 10.2. The summed E-state index contributed by atoms with van der Waals surface area (Å²) in [6.45, 7) is 5.97. The molecule has 0 aromatic heterocycles. The van der Waals surface area contributed by atoms with Crippen LogP contribution in [0.15, 0.2) is 18.2 Å². The number of nitrogens with one attached hydrogen (secondary N) is 2. The smallest absolute Gasteiger partial charge is 0.407 e. The van der Waals surface area contributed by atoms with Crippen molar-refractivity contribution in [2.24, 2.45) is 0 Å². The molecule has 32 heavy (non-hydrogen) atoms. The van der Waals surface area contributed by atoms with Gasteiger partial charge >= 0.3 is 18.0 Å². The summed E-state index contributed by atoms with van der Waals surface area (Å²) < 4.78 is 20.0. The molecule has 0 atom stereocenters. The van der Waals surface area contributed by atoms with Gasteiger partial charge in [-0.25, -0.2) is 14.4 Å². The number of amides is 2. The van der Waals surface area contributed by atoms with Crippen LogP contribution in [0.1, 0.15) is 60.7 Å². The van der Waals surface area contributed by atoms with E-state index in [-0.39, 0.29) is 29.4 Å². The van der Waals surface area contributed by atoms with Crippen LogP contribution in [0.3, 0.4) is 0 Å². The quantitative estimate of drug-likeness (QED) is 0.298. The first-order chi connectivity index (χ1) is 15.1. The molecule has 0 saturated carbocycles. The zero-order valence-electron chi connectivity index (χ0n) is 19.2. The Morgan fingerprint density at radius 1 is 0.875 bits per heavy atom. The Morgan fingerprint density at radius 3 is 2.09 bits per heavy atom. The largest absolute Gasteiger partial charge is 0.483 e. The lowest BCUT2D eigenvalue weighted by molar-refractivity contribution is -0.123. The maximum absolute atomic E-state index is 12.1. The van der Waals surface area contributed by atoms with E-state index in [0.29, 0.717) is 19.5 Å².